The van der Waals surface area contributed by atoms with E-state index < -0.39 is 0 Å². The van der Waals surface area contributed by atoms with Crippen molar-refractivity contribution in [2.24, 2.45) is 5.92 Å². The summed E-state index contributed by atoms with van der Waals surface area (Å²) in [7, 11) is 0. The van der Waals surface area contributed by atoms with Crippen molar-refractivity contribution in [3.05, 3.63) is 17.7 Å². The van der Waals surface area contributed by atoms with Gasteiger partial charge in [-0.2, -0.15) is 0 Å². The van der Waals surface area contributed by atoms with Crippen LogP contribution < -0.4 is 14.2 Å². The van der Waals surface area contributed by atoms with Crippen LogP contribution in [-0.4, -0.2) is 32.4 Å². The molecule has 0 N–H and O–H groups in total. The monoisotopic (exact) mass is 394 g/mol. The van der Waals surface area contributed by atoms with Gasteiger partial charge in [-0.3, -0.25) is 0 Å². The number of ether oxygens (including phenoxy) is 4. The first-order valence-electron chi connectivity index (χ1n) is 10.8. The van der Waals surface area contributed by atoms with Gasteiger partial charge in [0, 0.05) is 0 Å². The van der Waals surface area contributed by atoms with Gasteiger partial charge >= 0.3 is 5.97 Å². The van der Waals surface area contributed by atoms with E-state index in [-0.39, 0.29) is 11.9 Å². The van der Waals surface area contributed by atoms with Gasteiger partial charge in [0.15, 0.2) is 11.5 Å². The molecule has 0 saturated heterocycles. The number of benzene rings is 1. The average molecular weight is 395 g/mol. The van der Waals surface area contributed by atoms with Crippen LogP contribution in [0, 0.1) is 5.92 Å². The van der Waals surface area contributed by atoms with E-state index in [0.717, 1.165) is 38.5 Å². The minimum atomic E-state index is -0.366. The molecular formula is C23H38O5. The highest BCUT2D eigenvalue weighted by atomic mass is 16.5. The summed E-state index contributed by atoms with van der Waals surface area (Å²) < 4.78 is 23.3. The van der Waals surface area contributed by atoms with Gasteiger partial charge < -0.3 is 18.9 Å². The van der Waals surface area contributed by atoms with E-state index in [1.165, 1.54) is 0 Å². The molecule has 0 aromatic heterocycles. The molecule has 0 aliphatic rings. The molecule has 0 radical (unpaired) electrons. The number of rotatable bonds is 15. The third kappa shape index (κ3) is 8.85. The Morgan fingerprint density at radius 2 is 1.29 bits per heavy atom. The van der Waals surface area contributed by atoms with E-state index in [1.807, 2.05) is 13.8 Å². The van der Waals surface area contributed by atoms with Gasteiger partial charge in [-0.25, -0.2) is 4.79 Å². The smallest absolute Gasteiger partial charge is 0.338 e. The third-order valence-electron chi connectivity index (χ3n) is 4.06. The first-order valence-corrected chi connectivity index (χ1v) is 10.8. The Kier molecular flexibility index (Phi) is 12.2. The normalized spacial score (nSPS) is 10.8. The molecule has 0 aliphatic carbocycles. The summed E-state index contributed by atoms with van der Waals surface area (Å²) in [5, 5.41) is 0. The van der Waals surface area contributed by atoms with Gasteiger partial charge in [-0.15, -0.1) is 0 Å². The van der Waals surface area contributed by atoms with Crippen LogP contribution in [-0.2, 0) is 4.74 Å². The summed E-state index contributed by atoms with van der Waals surface area (Å²) in [6, 6.07) is 3.43. The molecule has 1 rings (SSSR count). The zero-order valence-corrected chi connectivity index (χ0v) is 18.3. The summed E-state index contributed by atoms with van der Waals surface area (Å²) in [4.78, 5) is 12.5. The molecule has 1 aromatic rings. The van der Waals surface area contributed by atoms with Gasteiger partial charge in [0.1, 0.15) is 0 Å². The van der Waals surface area contributed by atoms with Crippen LogP contribution >= 0.6 is 0 Å². The van der Waals surface area contributed by atoms with Gasteiger partial charge in [-0.1, -0.05) is 53.9 Å². The fourth-order valence-electron chi connectivity index (χ4n) is 2.35. The van der Waals surface area contributed by atoms with Crippen LogP contribution in [0.3, 0.4) is 0 Å². The summed E-state index contributed by atoms with van der Waals surface area (Å²) >= 11 is 0. The highest BCUT2D eigenvalue weighted by Gasteiger charge is 2.20. The largest absolute Gasteiger partial charge is 0.490 e. The van der Waals surface area contributed by atoms with Crippen molar-refractivity contribution in [2.45, 2.75) is 73.1 Å². The topological polar surface area (TPSA) is 54.0 Å². The maximum atomic E-state index is 12.5. The Hall–Kier alpha value is -1.91. The van der Waals surface area contributed by atoms with Crippen molar-refractivity contribution in [2.75, 3.05) is 26.4 Å². The number of unbranched alkanes of at least 4 members (excludes halogenated alkanes) is 3. The fourth-order valence-corrected chi connectivity index (χ4v) is 2.35. The Morgan fingerprint density at radius 1 is 0.821 bits per heavy atom. The maximum absolute atomic E-state index is 12.5. The lowest BCUT2D eigenvalue weighted by atomic mass is 10.1. The summed E-state index contributed by atoms with van der Waals surface area (Å²) in [5.41, 5.74) is 0.432. The predicted molar refractivity (Wildman–Crippen MR) is 113 cm³/mol. The Morgan fingerprint density at radius 3 is 1.71 bits per heavy atom. The minimum absolute atomic E-state index is 0.279. The number of hydrogen-bond acceptors (Lipinski definition) is 5. The zero-order valence-electron chi connectivity index (χ0n) is 18.3. The van der Waals surface area contributed by atoms with Gasteiger partial charge in [0.05, 0.1) is 32.0 Å². The van der Waals surface area contributed by atoms with Crippen molar-refractivity contribution < 1.29 is 23.7 Å². The molecule has 5 heteroatoms. The van der Waals surface area contributed by atoms with Crippen molar-refractivity contribution in [1.29, 1.82) is 0 Å². The molecular weight excluding hydrogens is 356 g/mol. The number of carbonyl (C=O) groups excluding carboxylic acids is 1. The molecule has 1 aromatic carbocycles. The second kappa shape index (κ2) is 14.1. The van der Waals surface area contributed by atoms with Crippen LogP contribution in [0.4, 0.5) is 0 Å². The van der Waals surface area contributed by atoms with Crippen molar-refractivity contribution in [1.82, 2.24) is 0 Å². The summed E-state index contributed by atoms with van der Waals surface area (Å²) in [6.07, 6.45) is 5.91. The van der Waals surface area contributed by atoms with Crippen LogP contribution in [0.25, 0.3) is 0 Å². The second-order valence-corrected chi connectivity index (χ2v) is 7.40. The van der Waals surface area contributed by atoms with E-state index in [9.17, 15) is 4.79 Å². The van der Waals surface area contributed by atoms with E-state index in [2.05, 4.69) is 20.8 Å². The lowest BCUT2D eigenvalue weighted by Crippen LogP contribution is -2.12. The predicted octanol–water partition coefficient (Wildman–Crippen LogP) is 6.04. The van der Waals surface area contributed by atoms with Crippen molar-refractivity contribution >= 4 is 5.97 Å². The zero-order chi connectivity index (χ0) is 20.8. The highest BCUT2D eigenvalue weighted by molar-refractivity contribution is 5.91. The highest BCUT2D eigenvalue weighted by Crippen LogP contribution is 2.39. The van der Waals surface area contributed by atoms with Gasteiger partial charge in [-0.05, 0) is 37.3 Å². The van der Waals surface area contributed by atoms with Crippen molar-refractivity contribution in [3.8, 4) is 17.2 Å². The van der Waals surface area contributed by atoms with Crippen LogP contribution in [0.5, 0.6) is 17.2 Å². The van der Waals surface area contributed by atoms with E-state index in [0.29, 0.717) is 49.2 Å². The summed E-state index contributed by atoms with van der Waals surface area (Å²) in [5.74, 6) is 1.60. The lowest BCUT2D eigenvalue weighted by molar-refractivity contribution is 0.0457. The molecule has 160 valence electrons. The van der Waals surface area contributed by atoms with E-state index in [1.54, 1.807) is 12.1 Å². The molecule has 0 atom stereocenters. The minimum Gasteiger partial charge on any atom is -0.490 e. The molecule has 0 spiro atoms. The van der Waals surface area contributed by atoms with E-state index in [4.69, 9.17) is 18.9 Å². The Labute approximate surface area is 170 Å². The first kappa shape index (κ1) is 24.1. The van der Waals surface area contributed by atoms with Gasteiger partial charge in [0.2, 0.25) is 5.75 Å². The van der Waals surface area contributed by atoms with Crippen LogP contribution in [0.15, 0.2) is 12.1 Å². The standard InChI is InChI=1S/C23H38O5/c1-6-9-12-25-20-15-19(23(24)28-17-18(4)5)16-21(26-13-10-7-2)22(20)27-14-11-8-3/h15-16,18H,6-14,17H2,1-5H3. The van der Waals surface area contributed by atoms with Crippen LogP contribution in [0.1, 0.15) is 83.5 Å². The van der Waals surface area contributed by atoms with Gasteiger partial charge in [0.25, 0.3) is 0 Å². The van der Waals surface area contributed by atoms with E-state index >= 15 is 0 Å². The lowest BCUT2D eigenvalue weighted by Gasteiger charge is -2.18. The maximum Gasteiger partial charge on any atom is 0.338 e. The molecule has 0 fully saturated rings. The number of hydrogen-bond donors (Lipinski definition) is 0. The molecule has 0 amide bonds. The molecule has 0 heterocycles. The third-order valence-corrected chi connectivity index (χ3v) is 4.06. The second-order valence-electron chi connectivity index (χ2n) is 7.40. The quantitative estimate of drug-likeness (QED) is 0.268. The fraction of sp³-hybridized carbons (Fsp3) is 0.696. The number of carbonyl (C=O) groups is 1. The summed E-state index contributed by atoms with van der Waals surface area (Å²) in [6.45, 7) is 12.5. The molecule has 0 saturated carbocycles. The first-order chi connectivity index (χ1) is 13.5. The molecule has 0 unspecified atom stereocenters. The molecule has 0 aliphatic heterocycles. The molecule has 5 nitrogen and oxygen atoms in total. The number of esters is 1. The molecule has 28 heavy (non-hydrogen) atoms. The molecule has 0 bridgehead atoms. The SMILES string of the molecule is CCCCOc1cc(C(=O)OCC(C)C)cc(OCCCC)c1OCCCC. The Balaban J connectivity index is 3.15. The van der Waals surface area contributed by atoms with Crippen LogP contribution in [0.2, 0.25) is 0 Å². The Bertz CT molecular complexity index is 537. The van der Waals surface area contributed by atoms with Crippen molar-refractivity contribution in [3.63, 3.8) is 0 Å². The average Bonchev–Trinajstić information content (AvgIpc) is 2.67.